The number of hydrogen-bond donors (Lipinski definition) is 2. The van der Waals surface area contributed by atoms with Crippen molar-refractivity contribution >= 4 is 34.9 Å². The molecule has 5 nitrogen and oxygen atoms in total. The van der Waals surface area contributed by atoms with Crippen molar-refractivity contribution < 1.29 is 19.4 Å². The van der Waals surface area contributed by atoms with E-state index in [-0.39, 0.29) is 12.2 Å². The summed E-state index contributed by atoms with van der Waals surface area (Å²) in [5.41, 5.74) is 3.66. The Morgan fingerprint density at radius 1 is 1.07 bits per heavy atom. The van der Waals surface area contributed by atoms with Gasteiger partial charge in [-0.25, -0.2) is 4.79 Å². The topological polar surface area (TPSA) is 67.8 Å². The van der Waals surface area contributed by atoms with Gasteiger partial charge in [0.1, 0.15) is 6.61 Å². The number of halogens is 2. The SMILES string of the molecule is COc1cccc(CNc2cc(C(=O)O)ccc2C)c1OCc1ccc(Cl)c(Cl)c1. The van der Waals surface area contributed by atoms with Crippen LogP contribution in [0.25, 0.3) is 0 Å². The highest BCUT2D eigenvalue weighted by Gasteiger charge is 2.13. The lowest BCUT2D eigenvalue weighted by molar-refractivity contribution is 0.0697. The first-order valence-electron chi connectivity index (χ1n) is 9.19. The van der Waals surface area contributed by atoms with Crippen LogP contribution < -0.4 is 14.8 Å². The van der Waals surface area contributed by atoms with Gasteiger partial charge in [0.15, 0.2) is 11.5 Å². The second kappa shape index (κ2) is 9.74. The van der Waals surface area contributed by atoms with Gasteiger partial charge in [-0.05, 0) is 48.4 Å². The number of carbonyl (C=O) groups is 1. The third-order valence-corrected chi connectivity index (χ3v) is 5.34. The first-order valence-corrected chi connectivity index (χ1v) is 9.95. The van der Waals surface area contributed by atoms with Crippen molar-refractivity contribution in [2.75, 3.05) is 12.4 Å². The molecule has 0 atom stereocenters. The molecule has 0 unspecified atom stereocenters. The van der Waals surface area contributed by atoms with Gasteiger partial charge in [0.05, 0.1) is 22.7 Å². The van der Waals surface area contributed by atoms with Gasteiger partial charge in [-0.15, -0.1) is 0 Å². The summed E-state index contributed by atoms with van der Waals surface area (Å²) in [5, 5.41) is 13.5. The molecule has 3 rings (SSSR count). The lowest BCUT2D eigenvalue weighted by Crippen LogP contribution is -2.07. The van der Waals surface area contributed by atoms with E-state index in [2.05, 4.69) is 5.32 Å². The van der Waals surface area contributed by atoms with Gasteiger partial charge in [-0.1, -0.05) is 47.5 Å². The summed E-state index contributed by atoms with van der Waals surface area (Å²) in [4.78, 5) is 11.3. The predicted octanol–water partition coefficient (Wildman–Crippen LogP) is 6.20. The van der Waals surface area contributed by atoms with E-state index in [4.69, 9.17) is 32.7 Å². The number of carboxylic acid groups (broad SMARTS) is 1. The highest BCUT2D eigenvalue weighted by atomic mass is 35.5. The summed E-state index contributed by atoms with van der Waals surface area (Å²) in [6.45, 7) is 2.64. The highest BCUT2D eigenvalue weighted by molar-refractivity contribution is 6.42. The number of methoxy groups -OCH3 is 1. The van der Waals surface area contributed by atoms with Crippen molar-refractivity contribution in [3.05, 3.63) is 86.9 Å². The lowest BCUT2D eigenvalue weighted by Gasteiger charge is -2.17. The zero-order valence-corrected chi connectivity index (χ0v) is 18.1. The largest absolute Gasteiger partial charge is 0.493 e. The fourth-order valence-corrected chi connectivity index (χ4v) is 3.27. The highest BCUT2D eigenvalue weighted by Crippen LogP contribution is 2.33. The Labute approximate surface area is 185 Å². The maximum Gasteiger partial charge on any atom is 0.335 e. The summed E-state index contributed by atoms with van der Waals surface area (Å²) >= 11 is 12.1. The van der Waals surface area contributed by atoms with Gasteiger partial charge >= 0.3 is 5.97 Å². The third kappa shape index (κ3) is 5.17. The lowest BCUT2D eigenvalue weighted by atomic mass is 10.1. The number of nitrogens with one attached hydrogen (secondary N) is 1. The number of aryl methyl sites for hydroxylation is 1. The Morgan fingerprint density at radius 2 is 1.87 bits per heavy atom. The molecule has 3 aromatic carbocycles. The summed E-state index contributed by atoms with van der Waals surface area (Å²) in [6.07, 6.45) is 0. The third-order valence-electron chi connectivity index (χ3n) is 4.60. The molecule has 30 heavy (non-hydrogen) atoms. The Kier molecular flexibility index (Phi) is 7.08. The molecule has 0 amide bonds. The van der Waals surface area contributed by atoms with Crippen LogP contribution in [0.5, 0.6) is 11.5 Å². The van der Waals surface area contributed by atoms with Crippen LogP contribution in [0.1, 0.15) is 27.0 Å². The van der Waals surface area contributed by atoms with E-state index in [9.17, 15) is 9.90 Å². The Morgan fingerprint density at radius 3 is 2.57 bits per heavy atom. The Hall–Kier alpha value is -2.89. The standard InChI is InChI=1S/C23H21Cl2NO4/c1-14-6-8-16(23(27)28)11-20(14)26-12-17-4-3-5-21(29-2)22(17)30-13-15-7-9-18(24)19(25)10-15/h3-11,26H,12-13H2,1-2H3,(H,27,28). The molecule has 0 saturated heterocycles. The van der Waals surface area contributed by atoms with Crippen LogP contribution in [-0.2, 0) is 13.2 Å². The molecule has 0 fully saturated rings. The molecule has 3 aromatic rings. The number of para-hydroxylation sites is 1. The van der Waals surface area contributed by atoms with Crippen LogP contribution in [0.2, 0.25) is 10.0 Å². The number of hydrogen-bond acceptors (Lipinski definition) is 4. The predicted molar refractivity (Wildman–Crippen MR) is 119 cm³/mol. The number of rotatable bonds is 8. The van der Waals surface area contributed by atoms with E-state index >= 15 is 0 Å². The summed E-state index contributed by atoms with van der Waals surface area (Å²) in [6, 6.07) is 15.9. The van der Waals surface area contributed by atoms with Crippen LogP contribution in [0, 0.1) is 6.92 Å². The first kappa shape index (κ1) is 21.8. The zero-order valence-electron chi connectivity index (χ0n) is 16.5. The van der Waals surface area contributed by atoms with Crippen molar-refractivity contribution in [2.24, 2.45) is 0 Å². The smallest absolute Gasteiger partial charge is 0.335 e. The maximum absolute atomic E-state index is 11.3. The molecule has 0 aliphatic rings. The minimum Gasteiger partial charge on any atom is -0.493 e. The van der Waals surface area contributed by atoms with Crippen LogP contribution in [-0.4, -0.2) is 18.2 Å². The fourth-order valence-electron chi connectivity index (χ4n) is 2.95. The minimum atomic E-state index is -0.968. The van der Waals surface area contributed by atoms with Crippen molar-refractivity contribution in [1.29, 1.82) is 0 Å². The first-order chi connectivity index (χ1) is 14.4. The number of anilines is 1. The second-order valence-corrected chi connectivity index (χ2v) is 7.49. The molecular weight excluding hydrogens is 425 g/mol. The van der Waals surface area contributed by atoms with E-state index in [1.165, 1.54) is 0 Å². The maximum atomic E-state index is 11.3. The molecule has 0 saturated carbocycles. The molecule has 0 spiro atoms. The Balaban J connectivity index is 1.81. The van der Waals surface area contributed by atoms with E-state index in [1.54, 1.807) is 37.4 Å². The average molecular weight is 446 g/mol. The summed E-state index contributed by atoms with van der Waals surface area (Å²) < 4.78 is 11.5. The van der Waals surface area contributed by atoms with Crippen LogP contribution in [0.4, 0.5) is 5.69 Å². The van der Waals surface area contributed by atoms with Crippen LogP contribution in [0.3, 0.4) is 0 Å². The number of aromatic carboxylic acids is 1. The van der Waals surface area contributed by atoms with Crippen LogP contribution in [0.15, 0.2) is 54.6 Å². The number of benzene rings is 3. The molecule has 7 heteroatoms. The van der Waals surface area contributed by atoms with Gasteiger partial charge < -0.3 is 19.9 Å². The quantitative estimate of drug-likeness (QED) is 0.431. The molecule has 0 radical (unpaired) electrons. The van der Waals surface area contributed by atoms with E-state index in [1.807, 2.05) is 31.2 Å². The van der Waals surface area contributed by atoms with Crippen molar-refractivity contribution in [3.63, 3.8) is 0 Å². The molecule has 0 aliphatic carbocycles. The van der Waals surface area contributed by atoms with Crippen molar-refractivity contribution in [3.8, 4) is 11.5 Å². The van der Waals surface area contributed by atoms with Crippen LogP contribution >= 0.6 is 23.2 Å². The molecule has 0 heterocycles. The summed E-state index contributed by atoms with van der Waals surface area (Å²) in [7, 11) is 1.58. The second-order valence-electron chi connectivity index (χ2n) is 6.67. The van der Waals surface area contributed by atoms with Gasteiger partial charge in [-0.3, -0.25) is 0 Å². The molecule has 0 bridgehead atoms. The van der Waals surface area contributed by atoms with Crippen molar-refractivity contribution in [2.45, 2.75) is 20.1 Å². The molecule has 2 N–H and O–H groups in total. The number of ether oxygens (including phenoxy) is 2. The monoisotopic (exact) mass is 445 g/mol. The summed E-state index contributed by atoms with van der Waals surface area (Å²) in [5.74, 6) is 0.237. The van der Waals surface area contributed by atoms with Gasteiger partial charge in [0.2, 0.25) is 0 Å². The minimum absolute atomic E-state index is 0.227. The van der Waals surface area contributed by atoms with E-state index in [0.717, 1.165) is 22.4 Å². The molecular formula is C23H21Cl2NO4. The molecule has 0 aliphatic heterocycles. The van der Waals surface area contributed by atoms with E-state index in [0.29, 0.717) is 28.1 Å². The van der Waals surface area contributed by atoms with Gasteiger partial charge in [0, 0.05) is 17.8 Å². The van der Waals surface area contributed by atoms with E-state index < -0.39 is 5.97 Å². The average Bonchev–Trinajstić information content (AvgIpc) is 2.73. The normalized spacial score (nSPS) is 10.5. The fraction of sp³-hybridized carbons (Fsp3) is 0.174. The Bertz CT molecular complexity index is 1070. The number of carboxylic acids is 1. The zero-order chi connectivity index (χ0) is 21.7. The van der Waals surface area contributed by atoms with Gasteiger partial charge in [-0.2, -0.15) is 0 Å². The van der Waals surface area contributed by atoms with Gasteiger partial charge in [0.25, 0.3) is 0 Å². The molecule has 0 aromatic heterocycles. The van der Waals surface area contributed by atoms with Crippen molar-refractivity contribution in [1.82, 2.24) is 0 Å². The molecule has 156 valence electrons.